The number of thiazole rings is 2. The van der Waals surface area contributed by atoms with Crippen molar-refractivity contribution >= 4 is 22.7 Å². The maximum atomic E-state index is 4.69. The smallest absolute Gasteiger partial charge is 0.0973 e. The van der Waals surface area contributed by atoms with E-state index >= 15 is 0 Å². The molecule has 2 aliphatic carbocycles. The lowest BCUT2D eigenvalue weighted by Gasteiger charge is -2.07. The number of hydrogen-bond donors (Lipinski definition) is 0. The largest absolute Gasteiger partial charge is 0.272 e. The Morgan fingerprint density at radius 1 is 0.943 bits per heavy atom. The minimum absolute atomic E-state index is 0.461. The third-order valence-corrected chi connectivity index (χ3v) is 9.37. The zero-order valence-electron chi connectivity index (χ0n) is 20.4. The minimum atomic E-state index is 0.461. The van der Waals surface area contributed by atoms with Crippen LogP contribution < -0.4 is 0 Å². The van der Waals surface area contributed by atoms with Crippen LogP contribution in [0.2, 0.25) is 0 Å². The molecule has 3 atom stereocenters. The molecule has 180 valence electrons. The van der Waals surface area contributed by atoms with Gasteiger partial charge in [0.25, 0.3) is 0 Å². The molecule has 0 spiro atoms. The molecule has 0 bridgehead atoms. The van der Waals surface area contributed by atoms with E-state index in [1.165, 1.54) is 46.1 Å². The summed E-state index contributed by atoms with van der Waals surface area (Å²) in [5, 5.41) is 11.4. The monoisotopic (exact) mass is 502 g/mol. The first-order valence-electron chi connectivity index (χ1n) is 12.5. The van der Waals surface area contributed by atoms with Crippen molar-refractivity contribution in [2.75, 3.05) is 0 Å². The highest BCUT2D eigenvalue weighted by molar-refractivity contribution is 7.15. The Balaban J connectivity index is 1.01. The van der Waals surface area contributed by atoms with Gasteiger partial charge >= 0.3 is 0 Å². The van der Waals surface area contributed by atoms with Gasteiger partial charge in [-0.15, -0.1) is 22.7 Å². The summed E-state index contributed by atoms with van der Waals surface area (Å²) in [6.07, 6.45) is 16.9. The van der Waals surface area contributed by atoms with E-state index in [0.717, 1.165) is 22.9 Å². The van der Waals surface area contributed by atoms with E-state index in [-0.39, 0.29) is 0 Å². The molecule has 4 aromatic rings. The predicted molar refractivity (Wildman–Crippen MR) is 141 cm³/mol. The average molecular weight is 503 g/mol. The third kappa shape index (κ3) is 5.26. The summed E-state index contributed by atoms with van der Waals surface area (Å²) in [6.45, 7) is 7.67. The number of hydrogen-bond acceptors (Lipinski definition) is 6. The van der Waals surface area contributed by atoms with Crippen molar-refractivity contribution in [1.82, 2.24) is 29.5 Å². The molecule has 0 aliphatic heterocycles. The number of nitrogens with zero attached hydrogens (tertiary/aromatic N) is 6. The molecule has 6 nitrogen and oxygen atoms in total. The molecule has 0 N–H and O–H groups in total. The van der Waals surface area contributed by atoms with Gasteiger partial charge in [0.05, 0.1) is 50.0 Å². The Labute approximate surface area is 214 Å². The van der Waals surface area contributed by atoms with Gasteiger partial charge < -0.3 is 0 Å². The van der Waals surface area contributed by atoms with Gasteiger partial charge in [-0.25, -0.2) is 9.97 Å². The van der Waals surface area contributed by atoms with Gasteiger partial charge in [0.1, 0.15) is 0 Å². The Kier molecular flexibility index (Phi) is 6.07. The summed E-state index contributed by atoms with van der Waals surface area (Å²) in [7, 11) is 0. The molecule has 2 fully saturated rings. The zero-order valence-corrected chi connectivity index (χ0v) is 22.0. The zero-order chi connectivity index (χ0) is 23.9. The maximum Gasteiger partial charge on any atom is 0.0973 e. The van der Waals surface area contributed by atoms with Crippen molar-refractivity contribution in [2.45, 2.75) is 70.9 Å². The average Bonchev–Trinajstić information content (AvgIpc) is 3.48. The van der Waals surface area contributed by atoms with Gasteiger partial charge in [-0.05, 0) is 43.4 Å². The summed E-state index contributed by atoms with van der Waals surface area (Å²) in [5.74, 6) is 8.92. The normalized spacial score (nSPS) is 20.1. The van der Waals surface area contributed by atoms with Crippen molar-refractivity contribution in [3.63, 3.8) is 0 Å². The molecule has 8 heteroatoms. The summed E-state index contributed by atoms with van der Waals surface area (Å²) in [6, 6.07) is 0.597. The van der Waals surface area contributed by atoms with E-state index in [9.17, 15) is 0 Å². The second-order valence-electron chi connectivity index (χ2n) is 10.3. The Hall–Kier alpha value is -2.76. The highest BCUT2D eigenvalue weighted by atomic mass is 32.1. The van der Waals surface area contributed by atoms with E-state index in [4.69, 9.17) is 0 Å². The highest BCUT2D eigenvalue weighted by Crippen LogP contribution is 2.46. The quantitative estimate of drug-likeness (QED) is 0.264. The van der Waals surface area contributed by atoms with Crippen LogP contribution in [0.1, 0.15) is 84.8 Å². The fourth-order valence-corrected chi connectivity index (χ4v) is 6.28. The molecule has 0 radical (unpaired) electrons. The van der Waals surface area contributed by atoms with Crippen LogP contribution in [-0.2, 0) is 6.54 Å². The molecule has 3 unspecified atom stereocenters. The van der Waals surface area contributed by atoms with Crippen molar-refractivity contribution < 1.29 is 0 Å². The second kappa shape index (κ2) is 9.36. The van der Waals surface area contributed by atoms with Crippen molar-refractivity contribution in [2.24, 2.45) is 11.8 Å². The molecule has 2 aliphatic rings. The highest BCUT2D eigenvalue weighted by Gasteiger charge is 2.38. The Bertz CT molecular complexity index is 1380. The van der Waals surface area contributed by atoms with Crippen LogP contribution in [0.15, 0.2) is 37.2 Å². The van der Waals surface area contributed by atoms with E-state index < -0.39 is 0 Å². The van der Waals surface area contributed by atoms with Crippen LogP contribution in [0.5, 0.6) is 0 Å². The first-order chi connectivity index (χ1) is 17.0. The first kappa shape index (κ1) is 22.7. The van der Waals surface area contributed by atoms with Crippen LogP contribution in [0.4, 0.5) is 0 Å². The van der Waals surface area contributed by atoms with E-state index in [2.05, 4.69) is 69.9 Å². The first-order valence-corrected chi connectivity index (χ1v) is 14.2. The van der Waals surface area contributed by atoms with Crippen molar-refractivity contribution in [1.29, 1.82) is 0 Å². The molecule has 2 saturated carbocycles. The van der Waals surface area contributed by atoms with Gasteiger partial charge in [-0.2, -0.15) is 10.2 Å². The molecular formula is C27H30N6S2. The maximum absolute atomic E-state index is 4.69. The van der Waals surface area contributed by atoms with Crippen molar-refractivity contribution in [3.8, 4) is 22.3 Å². The van der Waals surface area contributed by atoms with Crippen LogP contribution in [0.3, 0.4) is 0 Å². The van der Waals surface area contributed by atoms with E-state index in [1.807, 2.05) is 29.5 Å². The third-order valence-electron chi connectivity index (χ3n) is 6.88. The summed E-state index contributed by atoms with van der Waals surface area (Å²) in [4.78, 5) is 11.5. The second-order valence-corrected chi connectivity index (χ2v) is 12.4. The van der Waals surface area contributed by atoms with Gasteiger partial charge in [0, 0.05) is 42.5 Å². The summed E-state index contributed by atoms with van der Waals surface area (Å²) < 4.78 is 4.16. The standard InChI is InChI=1S/C27H30N6S2/c1-17(2)26-29-13-25(35-26)22-11-30-32(16-22)15-21-9-20(21)8-18(3)27-28-12-24(34-27)7-4-19-10-31-33(14-19)23-5-6-23/h10-14,16-18,20-21,23H,5-6,8-9,15H2,1-3H3. The summed E-state index contributed by atoms with van der Waals surface area (Å²) in [5.41, 5.74) is 2.16. The Morgan fingerprint density at radius 2 is 1.80 bits per heavy atom. The molecule has 0 aromatic carbocycles. The predicted octanol–water partition coefficient (Wildman–Crippen LogP) is 6.35. The van der Waals surface area contributed by atoms with Crippen LogP contribution in [0.25, 0.3) is 10.4 Å². The lowest BCUT2D eigenvalue weighted by Crippen LogP contribution is -2.03. The van der Waals surface area contributed by atoms with Crippen molar-refractivity contribution in [3.05, 3.63) is 57.6 Å². The van der Waals surface area contributed by atoms with E-state index in [0.29, 0.717) is 23.8 Å². The fourth-order valence-electron chi connectivity index (χ4n) is 4.54. The molecule has 4 aromatic heterocycles. The lowest BCUT2D eigenvalue weighted by molar-refractivity contribution is 0.499. The molecule has 35 heavy (non-hydrogen) atoms. The van der Waals surface area contributed by atoms with Gasteiger partial charge in [0.2, 0.25) is 0 Å². The Morgan fingerprint density at radius 3 is 2.60 bits per heavy atom. The number of aromatic nitrogens is 6. The topological polar surface area (TPSA) is 61.4 Å². The van der Waals surface area contributed by atoms with E-state index in [1.54, 1.807) is 22.7 Å². The minimum Gasteiger partial charge on any atom is -0.272 e. The van der Waals surface area contributed by atoms with Gasteiger partial charge in [0.15, 0.2) is 0 Å². The van der Waals surface area contributed by atoms with Gasteiger partial charge in [-0.1, -0.05) is 26.7 Å². The lowest BCUT2D eigenvalue weighted by atomic mass is 10.0. The SMILES string of the molecule is CC(C)c1ncc(-c2cnn(CC3CC3CC(C)c3ncc(C#Cc4cnn(C5CC5)c4)s3)c2)s1. The van der Waals surface area contributed by atoms with Crippen LogP contribution in [0, 0.1) is 23.7 Å². The fraction of sp³-hybridized carbons (Fsp3) is 0.481. The van der Waals surface area contributed by atoms with Crippen LogP contribution in [-0.4, -0.2) is 29.5 Å². The summed E-state index contributed by atoms with van der Waals surface area (Å²) >= 11 is 3.50. The molecule has 0 saturated heterocycles. The molecular weight excluding hydrogens is 472 g/mol. The van der Waals surface area contributed by atoms with Gasteiger partial charge in [-0.3, -0.25) is 9.36 Å². The van der Waals surface area contributed by atoms with Crippen LogP contribution >= 0.6 is 22.7 Å². The molecule has 6 rings (SSSR count). The molecule has 0 amide bonds. The number of rotatable bonds is 8. The molecule has 4 heterocycles.